The molecule has 0 saturated carbocycles. The number of nitrogens with zero attached hydrogens (tertiary/aromatic N) is 4. The van der Waals surface area contributed by atoms with Crippen molar-refractivity contribution in [2.24, 2.45) is 0 Å². The van der Waals surface area contributed by atoms with Gasteiger partial charge in [-0.25, -0.2) is 4.68 Å². The van der Waals surface area contributed by atoms with Gasteiger partial charge in [0.05, 0.1) is 5.69 Å². The van der Waals surface area contributed by atoms with Crippen molar-refractivity contribution in [1.82, 2.24) is 25.5 Å². The van der Waals surface area contributed by atoms with Crippen molar-refractivity contribution in [2.45, 2.75) is 6.54 Å². The minimum atomic E-state index is 0.666. The molecule has 0 aliphatic heterocycles. The number of benzene rings is 2. The maximum Gasteiger partial charge on any atom is 0.143 e. The van der Waals surface area contributed by atoms with Gasteiger partial charge in [0.25, 0.3) is 0 Å². The second-order valence-electron chi connectivity index (χ2n) is 4.63. The number of ether oxygens (including phenoxy) is 1. The van der Waals surface area contributed by atoms with E-state index in [0.717, 1.165) is 22.7 Å². The van der Waals surface area contributed by atoms with Crippen LogP contribution in [0.5, 0.6) is 11.5 Å². The van der Waals surface area contributed by atoms with Crippen LogP contribution in [-0.2, 0) is 6.54 Å². The molecule has 0 saturated heterocycles. The topological polar surface area (TPSA) is 64.9 Å². The zero-order chi connectivity index (χ0) is 15.4. The van der Waals surface area contributed by atoms with Gasteiger partial charge in [-0.3, -0.25) is 0 Å². The first-order chi connectivity index (χ1) is 10.8. The summed E-state index contributed by atoms with van der Waals surface area (Å²) in [6.07, 6.45) is 1.55. The van der Waals surface area contributed by atoms with Gasteiger partial charge < -0.3 is 10.1 Å². The third-order valence-corrected chi connectivity index (χ3v) is 3.32. The summed E-state index contributed by atoms with van der Waals surface area (Å²) >= 11 is 5.89. The highest BCUT2D eigenvalue weighted by molar-refractivity contribution is 6.30. The van der Waals surface area contributed by atoms with Gasteiger partial charge in [0.15, 0.2) is 0 Å². The molecule has 0 radical (unpaired) electrons. The van der Waals surface area contributed by atoms with Crippen molar-refractivity contribution >= 4 is 11.6 Å². The van der Waals surface area contributed by atoms with Gasteiger partial charge in [0.1, 0.15) is 17.8 Å². The third kappa shape index (κ3) is 3.24. The Balaban J connectivity index is 1.91. The van der Waals surface area contributed by atoms with Gasteiger partial charge in [-0.2, -0.15) is 0 Å². The van der Waals surface area contributed by atoms with Crippen LogP contribution >= 0.6 is 11.6 Å². The minimum Gasteiger partial charge on any atom is -0.457 e. The van der Waals surface area contributed by atoms with E-state index < -0.39 is 0 Å². The van der Waals surface area contributed by atoms with E-state index in [-0.39, 0.29) is 0 Å². The molecule has 3 rings (SSSR count). The number of rotatable bonds is 5. The molecule has 112 valence electrons. The van der Waals surface area contributed by atoms with Gasteiger partial charge in [-0.1, -0.05) is 11.6 Å². The number of halogens is 1. The summed E-state index contributed by atoms with van der Waals surface area (Å²) in [5, 5.41) is 15.0. The second kappa shape index (κ2) is 6.55. The first kappa shape index (κ1) is 14.5. The maximum absolute atomic E-state index is 5.93. The summed E-state index contributed by atoms with van der Waals surface area (Å²) in [7, 11) is 1.88. The van der Waals surface area contributed by atoms with Crippen LogP contribution in [0.15, 0.2) is 48.8 Å². The Morgan fingerprint density at radius 1 is 1.18 bits per heavy atom. The number of tetrazole rings is 1. The molecule has 0 amide bonds. The Morgan fingerprint density at radius 2 is 2.00 bits per heavy atom. The summed E-state index contributed by atoms with van der Waals surface area (Å²) in [6, 6.07) is 13.0. The third-order valence-electron chi connectivity index (χ3n) is 3.07. The summed E-state index contributed by atoms with van der Waals surface area (Å²) < 4.78 is 7.53. The number of hydrogen-bond donors (Lipinski definition) is 1. The SMILES string of the molecule is CNCc1cc(-n2cnnn2)ccc1Oc1ccc(Cl)cc1. The smallest absolute Gasteiger partial charge is 0.143 e. The van der Waals surface area contributed by atoms with Crippen molar-refractivity contribution in [3.8, 4) is 17.2 Å². The standard InChI is InChI=1S/C15H14ClN5O/c1-17-9-11-8-13(21-10-18-19-20-21)4-7-15(11)22-14-5-2-12(16)3-6-14/h2-8,10,17H,9H2,1H3. The molecule has 0 aliphatic rings. The highest BCUT2D eigenvalue weighted by atomic mass is 35.5. The van der Waals surface area contributed by atoms with Gasteiger partial charge in [-0.05, 0) is 59.9 Å². The fraction of sp³-hybridized carbons (Fsp3) is 0.133. The van der Waals surface area contributed by atoms with Crippen LogP contribution in [0.4, 0.5) is 0 Å². The molecule has 6 nitrogen and oxygen atoms in total. The van der Waals surface area contributed by atoms with E-state index in [2.05, 4.69) is 20.8 Å². The van der Waals surface area contributed by atoms with E-state index in [0.29, 0.717) is 11.6 Å². The lowest BCUT2D eigenvalue weighted by Crippen LogP contribution is -2.07. The van der Waals surface area contributed by atoms with Crippen LogP contribution in [-0.4, -0.2) is 27.3 Å². The average molecular weight is 316 g/mol. The first-order valence-electron chi connectivity index (χ1n) is 6.70. The average Bonchev–Trinajstić information content (AvgIpc) is 3.06. The van der Waals surface area contributed by atoms with E-state index >= 15 is 0 Å². The van der Waals surface area contributed by atoms with Crippen molar-refractivity contribution in [1.29, 1.82) is 0 Å². The number of nitrogens with one attached hydrogen (secondary N) is 1. The molecule has 1 aromatic heterocycles. The summed E-state index contributed by atoms with van der Waals surface area (Å²) in [5.74, 6) is 1.51. The molecule has 0 atom stereocenters. The van der Waals surface area contributed by atoms with Crippen LogP contribution < -0.4 is 10.1 Å². The van der Waals surface area contributed by atoms with Crippen molar-refractivity contribution in [3.05, 3.63) is 59.4 Å². The lowest BCUT2D eigenvalue weighted by molar-refractivity contribution is 0.474. The van der Waals surface area contributed by atoms with Crippen molar-refractivity contribution in [3.63, 3.8) is 0 Å². The van der Waals surface area contributed by atoms with Crippen LogP contribution in [0, 0.1) is 0 Å². The minimum absolute atomic E-state index is 0.666. The van der Waals surface area contributed by atoms with Crippen LogP contribution in [0.1, 0.15) is 5.56 Å². The van der Waals surface area contributed by atoms with Crippen molar-refractivity contribution in [2.75, 3.05) is 7.05 Å². The van der Waals surface area contributed by atoms with Crippen molar-refractivity contribution < 1.29 is 4.74 Å². The summed E-state index contributed by atoms with van der Waals surface area (Å²) in [5.41, 5.74) is 1.88. The Morgan fingerprint density at radius 3 is 2.68 bits per heavy atom. The fourth-order valence-corrected chi connectivity index (χ4v) is 2.17. The molecule has 2 aromatic carbocycles. The predicted octanol–water partition coefficient (Wildman–Crippen LogP) is 2.83. The zero-order valence-electron chi connectivity index (χ0n) is 11.9. The van der Waals surface area contributed by atoms with Crippen LogP contribution in [0.2, 0.25) is 5.02 Å². The Bertz CT molecular complexity index is 743. The molecule has 3 aromatic rings. The summed E-state index contributed by atoms with van der Waals surface area (Å²) in [6.45, 7) is 0.666. The molecule has 7 heteroatoms. The van der Waals surface area contributed by atoms with Crippen LogP contribution in [0.25, 0.3) is 5.69 Å². The molecule has 0 unspecified atom stereocenters. The molecule has 0 aliphatic carbocycles. The monoisotopic (exact) mass is 315 g/mol. The molecule has 22 heavy (non-hydrogen) atoms. The first-order valence-corrected chi connectivity index (χ1v) is 7.08. The van der Waals surface area contributed by atoms with Gasteiger partial charge in [0.2, 0.25) is 0 Å². The zero-order valence-corrected chi connectivity index (χ0v) is 12.7. The largest absolute Gasteiger partial charge is 0.457 e. The molecular formula is C15H14ClN5O. The Labute approximate surface area is 132 Å². The van der Waals surface area contributed by atoms with E-state index in [9.17, 15) is 0 Å². The highest BCUT2D eigenvalue weighted by Gasteiger charge is 2.08. The molecular weight excluding hydrogens is 302 g/mol. The lowest BCUT2D eigenvalue weighted by atomic mass is 10.1. The van der Waals surface area contributed by atoms with E-state index in [1.54, 1.807) is 23.1 Å². The van der Waals surface area contributed by atoms with Gasteiger partial charge >= 0.3 is 0 Å². The Kier molecular flexibility index (Phi) is 4.32. The van der Waals surface area contributed by atoms with E-state index in [1.807, 2.05) is 37.4 Å². The predicted molar refractivity (Wildman–Crippen MR) is 83.4 cm³/mol. The molecule has 0 bridgehead atoms. The number of hydrogen-bond acceptors (Lipinski definition) is 5. The van der Waals surface area contributed by atoms with Crippen LogP contribution in [0.3, 0.4) is 0 Å². The van der Waals surface area contributed by atoms with E-state index in [1.165, 1.54) is 0 Å². The summed E-state index contributed by atoms with van der Waals surface area (Å²) in [4.78, 5) is 0. The van der Waals surface area contributed by atoms with Gasteiger partial charge in [-0.15, -0.1) is 5.10 Å². The quantitative estimate of drug-likeness (QED) is 0.784. The Hall–Kier alpha value is -2.44. The van der Waals surface area contributed by atoms with Gasteiger partial charge in [0, 0.05) is 17.1 Å². The maximum atomic E-state index is 5.93. The molecule has 1 N–H and O–H groups in total. The normalized spacial score (nSPS) is 10.6. The molecule has 1 heterocycles. The fourth-order valence-electron chi connectivity index (χ4n) is 2.05. The highest BCUT2D eigenvalue weighted by Crippen LogP contribution is 2.28. The lowest BCUT2D eigenvalue weighted by Gasteiger charge is -2.12. The molecule has 0 spiro atoms. The second-order valence-corrected chi connectivity index (χ2v) is 5.07. The molecule has 0 fully saturated rings. The van der Waals surface area contributed by atoms with E-state index in [4.69, 9.17) is 16.3 Å². The number of aromatic nitrogens is 4.